The number of carbonyl (C=O) groups is 3. The zero-order valence-corrected chi connectivity index (χ0v) is 49.4. The van der Waals surface area contributed by atoms with Gasteiger partial charge in [-0.3, -0.25) is 14.4 Å². The second-order valence-electron chi connectivity index (χ2n) is 19.8. The van der Waals surface area contributed by atoms with Gasteiger partial charge in [0.25, 0.3) is 0 Å². The van der Waals surface area contributed by atoms with Crippen LogP contribution in [0.15, 0.2) is 158 Å². The largest absolute Gasteiger partial charge is 0.462 e. The Bertz CT molecular complexity index is 1740. The maximum atomic E-state index is 12.8. The molecular weight excluding hydrogens is 949 g/mol. The van der Waals surface area contributed by atoms with Crippen molar-refractivity contribution in [3.8, 4) is 0 Å². The molecule has 0 amide bonds. The van der Waals surface area contributed by atoms with Gasteiger partial charge in [0.05, 0.1) is 0 Å². The minimum absolute atomic E-state index is 0.105. The average Bonchev–Trinajstić information content (AvgIpc) is 3.43. The van der Waals surface area contributed by atoms with Crippen molar-refractivity contribution >= 4 is 17.9 Å². The molecule has 0 aromatic carbocycles. The molecule has 0 fully saturated rings. The number of esters is 3. The van der Waals surface area contributed by atoms with E-state index < -0.39 is 6.10 Å². The quantitative estimate of drug-likeness (QED) is 0.0261. The van der Waals surface area contributed by atoms with Gasteiger partial charge in [-0.05, 0) is 141 Å². The van der Waals surface area contributed by atoms with Gasteiger partial charge in [0.1, 0.15) is 13.2 Å². The van der Waals surface area contributed by atoms with E-state index in [1.807, 2.05) is 0 Å². The number of unbranched alkanes of at least 4 members (excludes halogenated alkanes) is 17. The topological polar surface area (TPSA) is 78.9 Å². The molecular formula is C71H112O6. The monoisotopic (exact) mass is 1060 g/mol. The van der Waals surface area contributed by atoms with Crippen molar-refractivity contribution in [3.05, 3.63) is 158 Å². The molecule has 1 unspecified atom stereocenters. The summed E-state index contributed by atoms with van der Waals surface area (Å²) in [4.78, 5) is 38.2. The summed E-state index contributed by atoms with van der Waals surface area (Å²) in [6, 6.07) is 0. The van der Waals surface area contributed by atoms with Gasteiger partial charge in [-0.25, -0.2) is 0 Å². The second kappa shape index (κ2) is 63.6. The Hall–Kier alpha value is -4.97. The fourth-order valence-corrected chi connectivity index (χ4v) is 7.92. The normalized spacial score (nSPS) is 13.2. The summed E-state index contributed by atoms with van der Waals surface area (Å²) in [6.45, 7) is 6.29. The second-order valence-corrected chi connectivity index (χ2v) is 19.8. The third-order valence-corrected chi connectivity index (χ3v) is 12.5. The Morgan fingerprint density at radius 1 is 0.273 bits per heavy atom. The lowest BCUT2D eigenvalue weighted by molar-refractivity contribution is -0.167. The highest BCUT2D eigenvalue weighted by molar-refractivity contribution is 5.71. The molecule has 0 heterocycles. The average molecular weight is 1060 g/mol. The van der Waals surface area contributed by atoms with Crippen LogP contribution in [-0.2, 0) is 28.6 Å². The van der Waals surface area contributed by atoms with Gasteiger partial charge < -0.3 is 14.2 Å². The summed E-state index contributed by atoms with van der Waals surface area (Å²) in [5, 5.41) is 0. The van der Waals surface area contributed by atoms with E-state index in [0.717, 1.165) is 173 Å². The number of allylic oxidation sites excluding steroid dienone is 26. The number of rotatable bonds is 54. The number of hydrogen-bond acceptors (Lipinski definition) is 6. The zero-order valence-electron chi connectivity index (χ0n) is 49.4. The minimum Gasteiger partial charge on any atom is -0.462 e. The van der Waals surface area contributed by atoms with Crippen molar-refractivity contribution in [1.82, 2.24) is 0 Å². The van der Waals surface area contributed by atoms with Crippen LogP contribution in [0.5, 0.6) is 0 Å². The predicted octanol–water partition coefficient (Wildman–Crippen LogP) is 21.3. The van der Waals surface area contributed by atoms with Gasteiger partial charge in [0, 0.05) is 19.3 Å². The summed E-state index contributed by atoms with van der Waals surface area (Å²) in [5.74, 6) is -0.963. The lowest BCUT2D eigenvalue weighted by Gasteiger charge is -2.18. The highest BCUT2D eigenvalue weighted by Crippen LogP contribution is 2.14. The predicted molar refractivity (Wildman–Crippen MR) is 334 cm³/mol. The van der Waals surface area contributed by atoms with E-state index in [-0.39, 0.29) is 37.5 Å². The third-order valence-electron chi connectivity index (χ3n) is 12.5. The molecule has 1 atom stereocenters. The first-order valence-corrected chi connectivity index (χ1v) is 31.0. The molecule has 77 heavy (non-hydrogen) atoms. The van der Waals surface area contributed by atoms with Gasteiger partial charge in [-0.2, -0.15) is 0 Å². The molecule has 0 saturated carbocycles. The Morgan fingerprint density at radius 2 is 0.506 bits per heavy atom. The molecule has 0 aromatic heterocycles. The van der Waals surface area contributed by atoms with Crippen LogP contribution in [0.25, 0.3) is 0 Å². The van der Waals surface area contributed by atoms with Gasteiger partial charge in [-0.1, -0.05) is 249 Å². The van der Waals surface area contributed by atoms with Crippen LogP contribution in [0.2, 0.25) is 0 Å². The Labute approximate surface area is 473 Å². The number of carbonyl (C=O) groups excluding carboxylic acids is 3. The molecule has 0 aliphatic heterocycles. The molecule has 0 N–H and O–H groups in total. The van der Waals surface area contributed by atoms with Crippen LogP contribution in [0.4, 0.5) is 0 Å². The molecule has 6 nitrogen and oxygen atoms in total. The van der Waals surface area contributed by atoms with Gasteiger partial charge in [0.15, 0.2) is 6.10 Å². The van der Waals surface area contributed by atoms with Crippen LogP contribution in [0.1, 0.15) is 252 Å². The fourth-order valence-electron chi connectivity index (χ4n) is 7.92. The molecule has 0 aliphatic rings. The smallest absolute Gasteiger partial charge is 0.306 e. The van der Waals surface area contributed by atoms with Crippen molar-refractivity contribution in [2.75, 3.05) is 13.2 Å². The molecule has 0 bridgehead atoms. The lowest BCUT2D eigenvalue weighted by Crippen LogP contribution is -2.30. The first-order chi connectivity index (χ1) is 38.0. The van der Waals surface area contributed by atoms with E-state index in [4.69, 9.17) is 14.2 Å². The number of hydrogen-bond donors (Lipinski definition) is 0. The molecule has 6 heteroatoms. The third kappa shape index (κ3) is 61.8. The maximum absolute atomic E-state index is 12.8. The summed E-state index contributed by atoms with van der Waals surface area (Å²) in [5.41, 5.74) is 0. The van der Waals surface area contributed by atoms with E-state index in [1.54, 1.807) is 0 Å². The van der Waals surface area contributed by atoms with E-state index in [2.05, 4.69) is 179 Å². The van der Waals surface area contributed by atoms with Crippen molar-refractivity contribution in [3.63, 3.8) is 0 Å². The van der Waals surface area contributed by atoms with Crippen molar-refractivity contribution < 1.29 is 28.6 Å². The minimum atomic E-state index is -0.809. The molecule has 0 spiro atoms. The standard InChI is InChI=1S/C71H112O6/c1-4-7-10-13-16-19-22-25-26-27-28-29-30-31-32-33-34-35-36-37-38-39-40-41-42-43-44-47-49-52-55-58-61-64-70(73)76-67-68(77-71(74)65-62-59-56-53-50-46-24-21-18-15-12-9-6-3)66-75-69(72)63-60-57-54-51-48-45-23-20-17-14-11-8-5-2/h7,9-12,14,16,18-21,23,25-26,28-29,31-32,34-35,37-38,40-41,46,50,68H,4-6,8,13,15,17,22,24,27,30,33,36,39,42-45,47-49,51-67H2,1-3H3/b10-7-,12-9-,14-11-,19-16-,21-18-,23-20-,26-25-,29-28-,32-31-,35-34-,38-37-,41-40-,50-46-. The molecule has 0 saturated heterocycles. The lowest BCUT2D eigenvalue weighted by atomic mass is 10.1. The van der Waals surface area contributed by atoms with Crippen LogP contribution < -0.4 is 0 Å². The Morgan fingerprint density at radius 3 is 0.805 bits per heavy atom. The summed E-state index contributed by atoms with van der Waals surface area (Å²) in [7, 11) is 0. The molecule has 0 rings (SSSR count). The molecule has 0 aliphatic carbocycles. The highest BCUT2D eigenvalue weighted by Gasteiger charge is 2.19. The van der Waals surface area contributed by atoms with Crippen LogP contribution in [-0.4, -0.2) is 37.2 Å². The first kappa shape index (κ1) is 72.0. The van der Waals surface area contributed by atoms with Crippen LogP contribution in [0.3, 0.4) is 0 Å². The summed E-state index contributed by atoms with van der Waals surface area (Å²) >= 11 is 0. The molecule has 432 valence electrons. The number of ether oxygens (including phenoxy) is 3. The summed E-state index contributed by atoms with van der Waals surface area (Å²) in [6.07, 6.45) is 92.5. The van der Waals surface area contributed by atoms with Crippen molar-refractivity contribution in [2.24, 2.45) is 0 Å². The van der Waals surface area contributed by atoms with Crippen LogP contribution >= 0.6 is 0 Å². The Balaban J connectivity index is 4.28. The maximum Gasteiger partial charge on any atom is 0.306 e. The van der Waals surface area contributed by atoms with Crippen molar-refractivity contribution in [2.45, 2.75) is 258 Å². The summed E-state index contributed by atoms with van der Waals surface area (Å²) < 4.78 is 16.8. The first-order valence-electron chi connectivity index (χ1n) is 31.0. The highest BCUT2D eigenvalue weighted by atomic mass is 16.6. The van der Waals surface area contributed by atoms with Crippen molar-refractivity contribution in [1.29, 1.82) is 0 Å². The van der Waals surface area contributed by atoms with Crippen LogP contribution in [0, 0.1) is 0 Å². The van der Waals surface area contributed by atoms with E-state index in [1.165, 1.54) is 38.5 Å². The SMILES string of the molecule is CC/C=C\C/C=C\C/C=C\C/C=C\C/C=C\C/C=C\C/C=C\C/C=C\CCCCCCCCCCC(=O)OCC(COC(=O)CCCCCCC/C=C\C/C=C\CCC)OC(=O)CCCCC/C=C\C/C=C\C/C=C\CC. The van der Waals surface area contributed by atoms with Gasteiger partial charge in [0.2, 0.25) is 0 Å². The van der Waals surface area contributed by atoms with E-state index in [9.17, 15) is 14.4 Å². The molecule has 0 aromatic rings. The molecule has 0 radical (unpaired) electrons. The fraction of sp³-hybridized carbons (Fsp3) is 0.592. The zero-order chi connectivity index (χ0) is 55.7. The van der Waals surface area contributed by atoms with Gasteiger partial charge >= 0.3 is 17.9 Å². The van der Waals surface area contributed by atoms with E-state index in [0.29, 0.717) is 12.8 Å². The Kier molecular flexibility index (Phi) is 59.5. The van der Waals surface area contributed by atoms with E-state index >= 15 is 0 Å². The van der Waals surface area contributed by atoms with Gasteiger partial charge in [-0.15, -0.1) is 0 Å².